The van der Waals surface area contributed by atoms with Crippen LogP contribution in [0.2, 0.25) is 0 Å². The fourth-order valence-electron chi connectivity index (χ4n) is 1.55. The largest absolute Gasteiger partial charge is 0.467 e. The van der Waals surface area contributed by atoms with Gasteiger partial charge in [-0.25, -0.2) is 4.98 Å². The molecule has 1 aromatic heterocycles. The number of hydrogen-bond acceptors (Lipinski definition) is 4. The van der Waals surface area contributed by atoms with Gasteiger partial charge in [0, 0.05) is 4.88 Å². The van der Waals surface area contributed by atoms with Gasteiger partial charge in [0.2, 0.25) is 0 Å². The summed E-state index contributed by atoms with van der Waals surface area (Å²) in [5, 5.41) is 4.16. The summed E-state index contributed by atoms with van der Waals surface area (Å²) in [4.78, 5) is 5.64. The van der Waals surface area contributed by atoms with Gasteiger partial charge in [-0.2, -0.15) is 0 Å². The maximum atomic E-state index is 5.82. The van der Waals surface area contributed by atoms with Gasteiger partial charge in [0.25, 0.3) is 5.19 Å². The molecule has 0 bridgehead atoms. The number of rotatable bonds is 2. The van der Waals surface area contributed by atoms with Crippen LogP contribution in [0.15, 0.2) is 0 Å². The third kappa shape index (κ3) is 2.25. The van der Waals surface area contributed by atoms with Crippen molar-refractivity contribution in [3.05, 3.63) is 10.6 Å². The predicted octanol–water partition coefficient (Wildman–Crippen LogP) is 1.89. The lowest BCUT2D eigenvalue weighted by molar-refractivity contribution is 0.161. The number of ether oxygens (including phenoxy) is 1. The zero-order valence-corrected chi connectivity index (χ0v) is 9.49. The van der Waals surface area contributed by atoms with E-state index in [0.29, 0.717) is 6.10 Å². The monoisotopic (exact) mass is 212 g/mol. The van der Waals surface area contributed by atoms with E-state index >= 15 is 0 Å². The third-order valence-electron chi connectivity index (χ3n) is 2.56. The Morgan fingerprint density at radius 2 is 2.07 bits per heavy atom. The highest BCUT2D eigenvalue weighted by atomic mass is 32.1. The first-order valence-corrected chi connectivity index (χ1v) is 5.89. The number of piperidine rings is 1. The summed E-state index contributed by atoms with van der Waals surface area (Å²) >= 11 is 1.65. The van der Waals surface area contributed by atoms with E-state index in [0.717, 1.165) is 36.8 Å². The lowest BCUT2D eigenvalue weighted by atomic mass is 10.1. The molecule has 1 saturated heterocycles. The standard InChI is InChI=1S/C10H16N2OS/c1-7-8(2)14-10(12-7)13-9-3-5-11-6-4-9/h9,11H,3-6H2,1-2H3. The average Bonchev–Trinajstić information content (AvgIpc) is 2.47. The van der Waals surface area contributed by atoms with E-state index in [1.54, 1.807) is 11.3 Å². The molecule has 0 radical (unpaired) electrons. The van der Waals surface area contributed by atoms with Gasteiger partial charge in [-0.15, -0.1) is 0 Å². The molecule has 0 aromatic carbocycles. The molecule has 3 nitrogen and oxygen atoms in total. The Bertz CT molecular complexity index is 286. The molecule has 1 N–H and O–H groups in total. The molecule has 4 heteroatoms. The number of aryl methyl sites for hydroxylation is 2. The Labute approximate surface area is 88.5 Å². The molecule has 1 aliphatic rings. The molecule has 1 aliphatic heterocycles. The summed E-state index contributed by atoms with van der Waals surface area (Å²) in [6.45, 7) is 6.24. The zero-order chi connectivity index (χ0) is 9.97. The molecule has 0 amide bonds. The van der Waals surface area contributed by atoms with Crippen molar-refractivity contribution in [2.24, 2.45) is 0 Å². The molecule has 78 valence electrons. The van der Waals surface area contributed by atoms with E-state index in [1.807, 2.05) is 6.92 Å². The van der Waals surface area contributed by atoms with Crippen LogP contribution >= 0.6 is 11.3 Å². The maximum Gasteiger partial charge on any atom is 0.273 e. The molecule has 0 aliphatic carbocycles. The van der Waals surface area contributed by atoms with Crippen molar-refractivity contribution in [2.45, 2.75) is 32.8 Å². The molecule has 0 atom stereocenters. The Morgan fingerprint density at radius 1 is 1.36 bits per heavy atom. The van der Waals surface area contributed by atoms with Crippen LogP contribution in [0.3, 0.4) is 0 Å². The minimum absolute atomic E-state index is 0.362. The molecule has 14 heavy (non-hydrogen) atoms. The van der Waals surface area contributed by atoms with Crippen LogP contribution in [0.5, 0.6) is 5.19 Å². The van der Waals surface area contributed by atoms with Crippen LogP contribution in [0.4, 0.5) is 0 Å². The van der Waals surface area contributed by atoms with Gasteiger partial charge in [0.15, 0.2) is 0 Å². The number of nitrogens with zero attached hydrogens (tertiary/aromatic N) is 1. The van der Waals surface area contributed by atoms with E-state index in [2.05, 4.69) is 17.2 Å². The van der Waals surface area contributed by atoms with Gasteiger partial charge in [-0.3, -0.25) is 0 Å². The Kier molecular flexibility index (Phi) is 3.03. The fourth-order valence-corrected chi connectivity index (χ4v) is 2.37. The van der Waals surface area contributed by atoms with Crippen molar-refractivity contribution in [1.29, 1.82) is 0 Å². The van der Waals surface area contributed by atoms with Gasteiger partial charge in [-0.05, 0) is 39.8 Å². The molecule has 2 rings (SSSR count). The topological polar surface area (TPSA) is 34.1 Å². The van der Waals surface area contributed by atoms with Crippen molar-refractivity contribution < 1.29 is 4.74 Å². The second-order valence-electron chi connectivity index (χ2n) is 3.69. The van der Waals surface area contributed by atoms with Crippen LogP contribution in [-0.4, -0.2) is 24.2 Å². The smallest absolute Gasteiger partial charge is 0.273 e. The predicted molar refractivity (Wildman–Crippen MR) is 58.1 cm³/mol. The van der Waals surface area contributed by atoms with E-state index in [1.165, 1.54) is 4.88 Å². The molecular weight excluding hydrogens is 196 g/mol. The van der Waals surface area contributed by atoms with Crippen LogP contribution in [0.1, 0.15) is 23.4 Å². The van der Waals surface area contributed by atoms with Crippen LogP contribution in [0, 0.1) is 13.8 Å². The van der Waals surface area contributed by atoms with Crippen LogP contribution in [-0.2, 0) is 0 Å². The van der Waals surface area contributed by atoms with Crippen LogP contribution < -0.4 is 10.1 Å². The molecule has 1 aromatic rings. The normalized spacial score (nSPS) is 18.4. The summed E-state index contributed by atoms with van der Waals surface area (Å²) < 4.78 is 5.82. The fraction of sp³-hybridized carbons (Fsp3) is 0.700. The first-order chi connectivity index (χ1) is 6.75. The average molecular weight is 212 g/mol. The maximum absolute atomic E-state index is 5.82. The summed E-state index contributed by atoms with van der Waals surface area (Å²) in [7, 11) is 0. The summed E-state index contributed by atoms with van der Waals surface area (Å²) in [6, 6.07) is 0. The van der Waals surface area contributed by atoms with Gasteiger partial charge >= 0.3 is 0 Å². The van der Waals surface area contributed by atoms with Crippen molar-refractivity contribution in [1.82, 2.24) is 10.3 Å². The summed E-state index contributed by atoms with van der Waals surface area (Å²) in [5.41, 5.74) is 1.10. The molecular formula is C10H16N2OS. The SMILES string of the molecule is Cc1nc(OC2CCNCC2)sc1C. The van der Waals surface area contributed by atoms with Gasteiger partial charge < -0.3 is 10.1 Å². The van der Waals surface area contributed by atoms with Gasteiger partial charge in [0.05, 0.1) is 5.69 Å². The van der Waals surface area contributed by atoms with Crippen molar-refractivity contribution in [3.63, 3.8) is 0 Å². The third-order valence-corrected chi connectivity index (χ3v) is 3.53. The molecule has 0 unspecified atom stereocenters. The van der Waals surface area contributed by atoms with Gasteiger partial charge in [0.1, 0.15) is 6.10 Å². The van der Waals surface area contributed by atoms with Crippen molar-refractivity contribution in [3.8, 4) is 5.19 Å². The number of thiazole rings is 1. The van der Waals surface area contributed by atoms with E-state index < -0.39 is 0 Å². The second-order valence-corrected chi connectivity index (χ2v) is 4.85. The summed E-state index contributed by atoms with van der Waals surface area (Å²) in [5.74, 6) is 0. The minimum atomic E-state index is 0.362. The van der Waals surface area contributed by atoms with E-state index in [9.17, 15) is 0 Å². The van der Waals surface area contributed by atoms with Gasteiger partial charge in [-0.1, -0.05) is 11.3 Å². The Balaban J connectivity index is 1.95. The lowest BCUT2D eigenvalue weighted by Gasteiger charge is -2.22. The Morgan fingerprint density at radius 3 is 2.64 bits per heavy atom. The Hall–Kier alpha value is -0.610. The first kappa shape index (κ1) is 9.93. The number of aromatic nitrogens is 1. The van der Waals surface area contributed by atoms with E-state index in [-0.39, 0.29) is 0 Å². The van der Waals surface area contributed by atoms with Crippen LogP contribution in [0.25, 0.3) is 0 Å². The molecule has 0 saturated carbocycles. The minimum Gasteiger partial charge on any atom is -0.467 e. The van der Waals surface area contributed by atoms with Crippen molar-refractivity contribution >= 4 is 11.3 Å². The second kappa shape index (κ2) is 4.28. The number of hydrogen-bond donors (Lipinski definition) is 1. The van der Waals surface area contributed by atoms with E-state index in [4.69, 9.17) is 4.74 Å². The van der Waals surface area contributed by atoms with Crippen molar-refractivity contribution in [2.75, 3.05) is 13.1 Å². The lowest BCUT2D eigenvalue weighted by Crippen LogP contribution is -2.34. The highest BCUT2D eigenvalue weighted by Crippen LogP contribution is 2.25. The molecule has 0 spiro atoms. The number of nitrogens with one attached hydrogen (secondary N) is 1. The molecule has 1 fully saturated rings. The summed E-state index contributed by atoms with van der Waals surface area (Å²) in [6.07, 6.45) is 2.55. The molecule has 2 heterocycles. The quantitative estimate of drug-likeness (QED) is 0.813. The zero-order valence-electron chi connectivity index (χ0n) is 8.67. The first-order valence-electron chi connectivity index (χ1n) is 5.07. The highest BCUT2D eigenvalue weighted by molar-refractivity contribution is 7.13. The highest BCUT2D eigenvalue weighted by Gasteiger charge is 2.16.